The topological polar surface area (TPSA) is 700 Å². The van der Waals surface area contributed by atoms with Gasteiger partial charge in [-0.15, -0.1) is 0 Å². The second kappa shape index (κ2) is 23.8. The summed E-state index contributed by atoms with van der Waals surface area (Å²) in [5.74, 6) is -3.78. The molecule has 0 rings (SSSR count). The predicted molar refractivity (Wildman–Crippen MR) is 204 cm³/mol. The van der Waals surface area contributed by atoms with Gasteiger partial charge in [-0.25, -0.2) is 0 Å². The Kier molecular flexibility index (Phi) is 24.4. The summed E-state index contributed by atoms with van der Waals surface area (Å²) in [6.45, 7) is -10.4. The molecule has 0 aromatic rings. The van der Waals surface area contributed by atoms with E-state index in [2.05, 4.69) is 0 Å². The van der Waals surface area contributed by atoms with Crippen molar-refractivity contribution in [3.63, 3.8) is 0 Å². The summed E-state index contributed by atoms with van der Waals surface area (Å²) >= 11 is 0. The van der Waals surface area contributed by atoms with Gasteiger partial charge in [0.2, 0.25) is 27.6 Å². The average molecular weight is 1160 g/mol. The van der Waals surface area contributed by atoms with Crippen LogP contribution in [0.15, 0.2) is 0 Å². The molecule has 0 aliphatic carbocycles. The number of carboxylic acids is 3. The molecule has 0 heterocycles. The van der Waals surface area contributed by atoms with E-state index >= 15 is 0 Å². The third-order valence-corrected chi connectivity index (χ3v) is 25.0. The van der Waals surface area contributed by atoms with Crippen molar-refractivity contribution in [2.75, 3.05) is 45.8 Å². The lowest BCUT2D eigenvalue weighted by Gasteiger charge is -2.41. The van der Waals surface area contributed by atoms with Gasteiger partial charge in [0.05, 0.1) is 19.6 Å². The highest BCUT2D eigenvalue weighted by Gasteiger charge is 2.61. The lowest BCUT2D eigenvalue weighted by Crippen LogP contribution is -2.51. The van der Waals surface area contributed by atoms with Crippen LogP contribution in [0.4, 0.5) is 0 Å². The van der Waals surface area contributed by atoms with Crippen LogP contribution in [-0.2, 0) is 60.0 Å². The highest BCUT2D eigenvalue weighted by atomic mass is 31.3. The molecular formula is C15H42N4O36P10. The van der Waals surface area contributed by atoms with Crippen LogP contribution in [0.1, 0.15) is 0 Å². The molecule has 23 N–H and O–H groups in total. The van der Waals surface area contributed by atoms with Gasteiger partial charge in [-0.2, -0.15) is 0 Å². The molecule has 0 bridgehead atoms. The van der Waals surface area contributed by atoms with Crippen molar-refractivity contribution in [1.82, 2.24) is 19.6 Å². The molecule has 388 valence electrons. The number of nitrogens with zero attached hydrogens (tertiary/aromatic N) is 4. The second-order valence-corrected chi connectivity index (χ2v) is 31.2. The maximum absolute atomic E-state index is 12.3. The normalized spacial score (nSPS) is 14.7. The Hall–Kier alpha value is -0.250. The molecule has 0 aliphatic heterocycles. The van der Waals surface area contributed by atoms with E-state index in [-0.39, 0.29) is 0 Å². The van der Waals surface area contributed by atoms with Crippen molar-refractivity contribution in [3.05, 3.63) is 0 Å². The number of rotatable bonds is 27. The maximum Gasteiger partial charge on any atom is 0.355 e. The zero-order valence-corrected chi connectivity index (χ0v) is 40.1. The highest BCUT2D eigenvalue weighted by Crippen LogP contribution is 2.70. The minimum Gasteiger partial charge on any atom is -0.480 e. The summed E-state index contributed by atoms with van der Waals surface area (Å²) in [5.41, 5.74) is -19.9. The Morgan fingerprint density at radius 3 is 0.569 bits per heavy atom. The van der Waals surface area contributed by atoms with E-state index < -0.39 is 182 Å². The smallest absolute Gasteiger partial charge is 0.355 e. The van der Waals surface area contributed by atoms with Crippen molar-refractivity contribution in [2.45, 2.75) is 27.6 Å². The van der Waals surface area contributed by atoms with Gasteiger partial charge in [-0.3, -0.25) is 79.6 Å². The summed E-state index contributed by atoms with van der Waals surface area (Å²) in [5, 5.41) is 24.8. The molecule has 0 spiro atoms. The molecule has 0 aliphatic rings. The van der Waals surface area contributed by atoms with E-state index in [4.69, 9.17) is 15.3 Å². The van der Waals surface area contributed by atoms with Crippen molar-refractivity contribution >= 4 is 93.9 Å². The van der Waals surface area contributed by atoms with E-state index in [1.54, 1.807) is 0 Å². The first-order chi connectivity index (χ1) is 28.1. The molecule has 0 amide bonds. The van der Waals surface area contributed by atoms with Crippen LogP contribution in [0.3, 0.4) is 0 Å². The molecule has 0 saturated heterocycles. The third-order valence-electron chi connectivity index (χ3n) is 6.89. The number of carboxylic acid groups (broad SMARTS) is 3. The van der Waals surface area contributed by atoms with E-state index in [0.717, 1.165) is 4.90 Å². The molecule has 0 saturated carbocycles. The largest absolute Gasteiger partial charge is 0.480 e. The average Bonchev–Trinajstić information content (AvgIpc) is 2.89. The summed E-state index contributed by atoms with van der Waals surface area (Å²) in [6, 6.07) is 0. The summed E-state index contributed by atoms with van der Waals surface area (Å²) in [4.78, 5) is 221. The van der Waals surface area contributed by atoms with Crippen molar-refractivity contribution < 1.29 is 173 Å². The number of hydrogen-bond donors (Lipinski definition) is 23. The first-order valence-corrected chi connectivity index (χ1v) is 32.1. The Bertz CT molecular complexity index is 1830. The summed E-state index contributed by atoms with van der Waals surface area (Å²) in [6.07, 6.45) is 0. The Labute approximate surface area is 359 Å². The minimum atomic E-state index is -6.63. The van der Waals surface area contributed by atoms with Crippen molar-refractivity contribution in [1.29, 1.82) is 0 Å². The van der Waals surface area contributed by atoms with Crippen LogP contribution in [0.2, 0.25) is 0 Å². The zero-order valence-electron chi connectivity index (χ0n) is 31.2. The van der Waals surface area contributed by atoms with Gasteiger partial charge in [0, 0.05) is 26.2 Å². The minimum absolute atomic E-state index is 0.582. The lowest BCUT2D eigenvalue weighted by molar-refractivity contribution is -0.144. The third kappa shape index (κ3) is 23.5. The van der Waals surface area contributed by atoms with Gasteiger partial charge < -0.3 is 113 Å². The molecule has 0 aromatic carbocycles. The number of carbonyl (C=O) groups is 3. The van der Waals surface area contributed by atoms with Crippen LogP contribution in [-0.4, -0.2) is 224 Å². The zero-order chi connectivity index (χ0) is 52.9. The Balaban J connectivity index is 0. The Morgan fingerprint density at radius 1 is 0.292 bits per heavy atom. The van der Waals surface area contributed by atoms with E-state index in [1.165, 1.54) is 0 Å². The molecular weight excluding hydrogens is 1120 g/mol. The quantitative estimate of drug-likeness (QED) is 0.0340. The van der Waals surface area contributed by atoms with Crippen LogP contribution >= 0.6 is 76.0 Å². The van der Waals surface area contributed by atoms with Crippen LogP contribution in [0.25, 0.3) is 0 Å². The van der Waals surface area contributed by atoms with Crippen molar-refractivity contribution in [3.8, 4) is 0 Å². The molecule has 0 fully saturated rings. The SMILES string of the molecule is O=C(O)CN(CC(=O)O)CC(=O)O.O=P(O)(O)C(N(CCN(C(P(=O)(O)O)P(=O)(O)O)C(P(=O)(O)O)P(=O)(O)O)CCN(C(P(=O)(O)O)P(=O)(O)O)C(P(=O)(O)O)P(=O)(O)O)P(=O)(O)O. The van der Waals surface area contributed by atoms with Crippen molar-refractivity contribution in [2.24, 2.45) is 0 Å². The molecule has 0 aromatic heterocycles. The van der Waals surface area contributed by atoms with Crippen LogP contribution < -0.4 is 0 Å². The van der Waals surface area contributed by atoms with E-state index in [9.17, 15) is 158 Å². The van der Waals surface area contributed by atoms with Gasteiger partial charge in [-0.05, 0) is 0 Å². The number of aliphatic carboxylic acids is 3. The standard InChI is InChI=1S/C9H33N3O30P10.C6H9NO6/c13-43(14,15)5(44(16,17)18)10(1-3-11(6(45(19,20)21)46(22,23)24)7(47(25,26)27)48(28,29)30)2-4-12(8(49(31,32)33)50(34,35)36)9(51(37,38)39)52(40,41)42;8-4(9)1-7(2-5(10)11)3-6(12)13/h5-9H,1-4H2,(H2,13,14,15)(H2,16,17,18)(H2,19,20,21)(H2,22,23,24)(H2,25,26,27)(H2,28,29,30)(H2,31,32,33)(H2,34,35,36)(H2,37,38,39)(H2,40,41,42);1-3H2,(H,8,9)(H,10,11)(H,12,13). The van der Waals surface area contributed by atoms with E-state index in [1.807, 2.05) is 0 Å². The first kappa shape index (κ1) is 66.8. The summed E-state index contributed by atoms with van der Waals surface area (Å²) < 4.78 is 121. The van der Waals surface area contributed by atoms with Gasteiger partial charge >= 0.3 is 93.9 Å². The predicted octanol–water partition coefficient (Wildman–Crippen LogP) is -6.37. The fourth-order valence-electron chi connectivity index (χ4n) is 5.22. The summed E-state index contributed by atoms with van der Waals surface area (Å²) in [7, 11) is -66.1. The molecule has 0 radical (unpaired) electrons. The molecule has 0 atom stereocenters. The first-order valence-electron chi connectivity index (χ1n) is 15.3. The fraction of sp³-hybridized carbons (Fsp3) is 0.800. The lowest BCUT2D eigenvalue weighted by atomic mass is 10.4. The molecule has 0 unspecified atom stereocenters. The van der Waals surface area contributed by atoms with Gasteiger partial charge in [0.15, 0.2) is 0 Å². The van der Waals surface area contributed by atoms with Gasteiger partial charge in [0.1, 0.15) is 0 Å². The van der Waals surface area contributed by atoms with Crippen LogP contribution in [0, 0.1) is 0 Å². The van der Waals surface area contributed by atoms with E-state index in [0.29, 0.717) is 0 Å². The van der Waals surface area contributed by atoms with Gasteiger partial charge in [0.25, 0.3) is 0 Å². The van der Waals surface area contributed by atoms with Gasteiger partial charge in [-0.1, -0.05) is 0 Å². The Morgan fingerprint density at radius 2 is 0.446 bits per heavy atom. The molecule has 65 heavy (non-hydrogen) atoms. The maximum atomic E-state index is 12.3. The second-order valence-electron chi connectivity index (χ2n) is 12.5. The highest BCUT2D eigenvalue weighted by molar-refractivity contribution is 7.73. The fourth-order valence-corrected chi connectivity index (χ4v) is 20.3. The number of hydrogen-bond acceptors (Lipinski definition) is 17. The van der Waals surface area contributed by atoms with Crippen LogP contribution in [0.5, 0.6) is 0 Å². The molecule has 40 nitrogen and oxygen atoms in total. The molecule has 50 heteroatoms. The monoisotopic (exact) mass is 1160 g/mol.